The highest BCUT2D eigenvalue weighted by Crippen LogP contribution is 2.36. The van der Waals surface area contributed by atoms with E-state index in [1.54, 1.807) is 24.7 Å². The average Bonchev–Trinajstić information content (AvgIpc) is 3.29. The maximum Gasteiger partial charge on any atom is 0.338 e. The van der Waals surface area contributed by atoms with Crippen molar-refractivity contribution in [1.82, 2.24) is 4.57 Å². The van der Waals surface area contributed by atoms with Crippen LogP contribution in [-0.2, 0) is 9.53 Å². The quantitative estimate of drug-likeness (QED) is 0.257. The van der Waals surface area contributed by atoms with Gasteiger partial charge in [-0.3, -0.25) is 9.36 Å². The van der Waals surface area contributed by atoms with E-state index in [-0.39, 0.29) is 12.2 Å². The van der Waals surface area contributed by atoms with Crippen molar-refractivity contribution in [1.29, 1.82) is 0 Å². The molecule has 0 fully saturated rings. The highest BCUT2D eigenvalue weighted by atomic mass is 79.9. The van der Waals surface area contributed by atoms with Crippen molar-refractivity contribution in [2.24, 2.45) is 4.99 Å². The van der Waals surface area contributed by atoms with Gasteiger partial charge in [0.1, 0.15) is 0 Å². The molecule has 0 unspecified atom stereocenters. The molecule has 1 aliphatic heterocycles. The molecule has 0 saturated carbocycles. The summed E-state index contributed by atoms with van der Waals surface area (Å²) in [5.41, 5.74) is 2.85. The first-order valence-corrected chi connectivity index (χ1v) is 14.4. The number of carbonyl (C=O) groups excluding carboxylic acids is 1. The third-order valence-electron chi connectivity index (χ3n) is 6.36. The van der Waals surface area contributed by atoms with E-state index in [1.807, 2.05) is 79.7 Å². The van der Waals surface area contributed by atoms with Crippen LogP contribution in [0.25, 0.3) is 11.8 Å². The van der Waals surface area contributed by atoms with Crippen molar-refractivity contribution in [2.75, 3.05) is 20.3 Å². The fourth-order valence-corrected chi connectivity index (χ4v) is 6.05. The second-order valence-electron chi connectivity index (χ2n) is 8.80. The molecule has 0 aliphatic carbocycles. The molecule has 1 atom stereocenters. The number of ether oxygens (including phenoxy) is 3. The zero-order valence-electron chi connectivity index (χ0n) is 22.2. The molecular formula is C31H27BrN2O5S. The largest absolute Gasteiger partial charge is 0.493 e. The van der Waals surface area contributed by atoms with E-state index in [0.717, 1.165) is 21.2 Å². The Bertz CT molecular complexity index is 1760. The molecule has 0 radical (unpaired) electrons. The number of hydrogen-bond donors (Lipinski definition) is 0. The highest BCUT2D eigenvalue weighted by molar-refractivity contribution is 9.10. The first kappa shape index (κ1) is 27.6. The third-order valence-corrected chi connectivity index (χ3v) is 8.03. The van der Waals surface area contributed by atoms with Crippen molar-refractivity contribution in [2.45, 2.75) is 19.9 Å². The summed E-state index contributed by atoms with van der Waals surface area (Å²) < 4.78 is 19.5. The van der Waals surface area contributed by atoms with Crippen LogP contribution in [0.15, 0.2) is 92.6 Å². The zero-order chi connectivity index (χ0) is 28.2. The van der Waals surface area contributed by atoms with E-state index in [4.69, 9.17) is 19.2 Å². The number of nitrogens with zero attached hydrogens (tertiary/aromatic N) is 2. The minimum atomic E-state index is -0.716. The van der Waals surface area contributed by atoms with Gasteiger partial charge in [-0.25, -0.2) is 9.79 Å². The molecule has 0 N–H and O–H groups in total. The number of halogens is 1. The van der Waals surface area contributed by atoms with Crippen LogP contribution in [0.2, 0.25) is 0 Å². The Morgan fingerprint density at radius 2 is 1.73 bits per heavy atom. The van der Waals surface area contributed by atoms with Crippen LogP contribution in [0.1, 0.15) is 36.6 Å². The summed E-state index contributed by atoms with van der Waals surface area (Å²) in [7, 11) is 1.58. The van der Waals surface area contributed by atoms with Gasteiger partial charge < -0.3 is 14.2 Å². The van der Waals surface area contributed by atoms with Gasteiger partial charge in [-0.15, -0.1) is 0 Å². The van der Waals surface area contributed by atoms with Gasteiger partial charge in [0.15, 0.2) is 16.3 Å². The Morgan fingerprint density at radius 1 is 1.02 bits per heavy atom. The number of esters is 1. The van der Waals surface area contributed by atoms with Gasteiger partial charge in [0.05, 0.1) is 42.2 Å². The molecule has 0 bridgehead atoms. The monoisotopic (exact) mass is 618 g/mol. The second kappa shape index (κ2) is 12.1. The van der Waals surface area contributed by atoms with Crippen LogP contribution < -0.4 is 24.4 Å². The lowest BCUT2D eigenvalue weighted by atomic mass is 9.93. The van der Waals surface area contributed by atoms with Crippen LogP contribution in [0.4, 0.5) is 0 Å². The number of aromatic nitrogens is 1. The topological polar surface area (TPSA) is 79.1 Å². The number of methoxy groups -OCH3 is 1. The lowest BCUT2D eigenvalue weighted by Crippen LogP contribution is -2.40. The fraction of sp³-hybridized carbons (Fsp3) is 0.194. The summed E-state index contributed by atoms with van der Waals surface area (Å²) in [6.45, 7) is 4.32. The molecule has 0 spiro atoms. The van der Waals surface area contributed by atoms with Gasteiger partial charge in [0.25, 0.3) is 5.56 Å². The Morgan fingerprint density at radius 3 is 2.38 bits per heavy atom. The third kappa shape index (κ3) is 5.26. The summed E-state index contributed by atoms with van der Waals surface area (Å²) >= 11 is 4.87. The molecule has 0 amide bonds. The predicted octanol–water partition coefficient (Wildman–Crippen LogP) is 5.11. The Labute approximate surface area is 243 Å². The Hall–Kier alpha value is -3.95. The molecule has 9 heteroatoms. The van der Waals surface area contributed by atoms with Crippen molar-refractivity contribution < 1.29 is 19.0 Å². The standard InChI is InChI=1S/C31H27BrN2O5S/c1-4-38-24-16-21(22(32)18-23(24)37-3)17-25-29(35)34-28(20-14-10-7-11-15-20)26(30(36)39-5-2)27(33-31(34)40-25)19-12-8-6-9-13-19/h6-18,28H,4-5H2,1-3H3/b25-17+/t28-/m0/s1. The first-order chi connectivity index (χ1) is 19.5. The van der Waals surface area contributed by atoms with Gasteiger partial charge in [-0.1, -0.05) is 87.9 Å². The fourth-order valence-electron chi connectivity index (χ4n) is 4.62. The maximum absolute atomic E-state index is 14.1. The molecular weight excluding hydrogens is 592 g/mol. The smallest absolute Gasteiger partial charge is 0.338 e. The molecule has 4 aromatic rings. The molecule has 2 heterocycles. The van der Waals surface area contributed by atoms with E-state index in [0.29, 0.717) is 38.7 Å². The van der Waals surface area contributed by atoms with Gasteiger partial charge in [0.2, 0.25) is 0 Å². The van der Waals surface area contributed by atoms with E-state index in [1.165, 1.54) is 11.3 Å². The molecule has 7 nitrogen and oxygen atoms in total. The molecule has 0 saturated heterocycles. The van der Waals surface area contributed by atoms with Crippen molar-refractivity contribution in [3.63, 3.8) is 0 Å². The van der Waals surface area contributed by atoms with Crippen LogP contribution in [0.5, 0.6) is 11.5 Å². The summed E-state index contributed by atoms with van der Waals surface area (Å²) in [5.74, 6) is 0.654. The highest BCUT2D eigenvalue weighted by Gasteiger charge is 2.35. The van der Waals surface area contributed by atoms with Gasteiger partial charge in [0, 0.05) is 10.0 Å². The Balaban J connectivity index is 1.79. The van der Waals surface area contributed by atoms with Crippen LogP contribution in [-0.4, -0.2) is 30.9 Å². The predicted molar refractivity (Wildman–Crippen MR) is 159 cm³/mol. The van der Waals surface area contributed by atoms with E-state index in [2.05, 4.69) is 15.9 Å². The van der Waals surface area contributed by atoms with Gasteiger partial charge in [-0.05, 0) is 43.2 Å². The molecule has 1 aliphatic rings. The Kier molecular flexibility index (Phi) is 8.32. The number of thiazole rings is 1. The number of rotatable bonds is 8. The normalized spacial score (nSPS) is 14.9. The summed E-state index contributed by atoms with van der Waals surface area (Å²) in [5, 5.41) is 0. The lowest BCUT2D eigenvalue weighted by molar-refractivity contribution is -0.138. The van der Waals surface area contributed by atoms with Crippen molar-refractivity contribution in [3.8, 4) is 11.5 Å². The SMILES string of the molecule is CCOC(=O)C1=C(c2ccccc2)N=c2s/c(=C/c3cc(OCC)c(OC)cc3Br)c(=O)n2[C@H]1c1ccccc1. The minimum Gasteiger partial charge on any atom is -0.493 e. The second-order valence-corrected chi connectivity index (χ2v) is 10.7. The lowest BCUT2D eigenvalue weighted by Gasteiger charge is -2.25. The number of fused-ring (bicyclic) bond motifs is 1. The minimum absolute atomic E-state index is 0.198. The average molecular weight is 620 g/mol. The van der Waals surface area contributed by atoms with Crippen molar-refractivity contribution >= 4 is 45.0 Å². The summed E-state index contributed by atoms with van der Waals surface area (Å²) in [4.78, 5) is 32.9. The number of carbonyl (C=O) groups is 1. The van der Waals surface area contributed by atoms with Crippen LogP contribution in [0.3, 0.4) is 0 Å². The first-order valence-electron chi connectivity index (χ1n) is 12.8. The van der Waals surface area contributed by atoms with Crippen LogP contribution in [0, 0.1) is 0 Å². The molecule has 3 aromatic carbocycles. The number of hydrogen-bond acceptors (Lipinski definition) is 7. The van der Waals surface area contributed by atoms with E-state index in [9.17, 15) is 9.59 Å². The zero-order valence-corrected chi connectivity index (χ0v) is 24.6. The van der Waals surface area contributed by atoms with E-state index < -0.39 is 12.0 Å². The summed E-state index contributed by atoms with van der Waals surface area (Å²) in [6, 6.07) is 21.9. The van der Waals surface area contributed by atoms with Gasteiger partial charge >= 0.3 is 5.97 Å². The molecule has 204 valence electrons. The van der Waals surface area contributed by atoms with Crippen molar-refractivity contribution in [3.05, 3.63) is 119 Å². The number of benzene rings is 3. The molecule has 5 rings (SSSR count). The van der Waals surface area contributed by atoms with E-state index >= 15 is 0 Å². The van der Waals surface area contributed by atoms with Gasteiger partial charge in [-0.2, -0.15) is 0 Å². The maximum atomic E-state index is 14.1. The molecule has 1 aromatic heterocycles. The summed E-state index contributed by atoms with van der Waals surface area (Å²) in [6.07, 6.45) is 1.80. The molecule has 40 heavy (non-hydrogen) atoms. The van der Waals surface area contributed by atoms with Crippen LogP contribution >= 0.6 is 27.3 Å².